The zero-order valence-corrected chi connectivity index (χ0v) is 13.3. The average Bonchev–Trinajstić information content (AvgIpc) is 2.57. The molecule has 2 fully saturated rings. The Kier molecular flexibility index (Phi) is 4.93. The van der Waals surface area contributed by atoms with E-state index in [1.807, 2.05) is 42.2 Å². The average molecular weight is 318 g/mol. The van der Waals surface area contributed by atoms with Crippen molar-refractivity contribution in [1.29, 1.82) is 0 Å². The van der Waals surface area contributed by atoms with Crippen LogP contribution in [0.3, 0.4) is 0 Å². The number of carbonyl (C=O) groups excluding carboxylic acids is 2. The van der Waals surface area contributed by atoms with E-state index in [9.17, 15) is 9.59 Å². The molecule has 2 heterocycles. The highest BCUT2D eigenvalue weighted by molar-refractivity contribution is 5.86. The molecule has 1 aromatic carbocycles. The quantitative estimate of drug-likeness (QED) is 0.828. The molecule has 1 aromatic rings. The van der Waals surface area contributed by atoms with Crippen LogP contribution in [0.1, 0.15) is 18.5 Å². The molecule has 2 aliphatic heterocycles. The number of hydrogen-bond donors (Lipinski definition) is 0. The second-order valence-corrected chi connectivity index (χ2v) is 5.98. The molecule has 2 amide bonds. The third-order valence-corrected chi connectivity index (χ3v) is 4.28. The lowest BCUT2D eigenvalue weighted by Gasteiger charge is -2.40. The summed E-state index contributed by atoms with van der Waals surface area (Å²) in [6, 6.07) is 9.78. The Morgan fingerprint density at radius 1 is 1.30 bits per heavy atom. The number of rotatable bonds is 3. The molecule has 0 aliphatic carbocycles. The highest BCUT2D eigenvalue weighted by atomic mass is 16.5. The largest absolute Gasteiger partial charge is 0.374 e. The maximum Gasteiger partial charge on any atom is 0.249 e. The number of hydrogen-bond acceptors (Lipinski definition) is 4. The molecule has 2 atom stereocenters. The van der Waals surface area contributed by atoms with Gasteiger partial charge >= 0.3 is 0 Å². The molecule has 23 heavy (non-hydrogen) atoms. The van der Waals surface area contributed by atoms with Gasteiger partial charge in [0.2, 0.25) is 11.8 Å². The molecular weight excluding hydrogens is 296 g/mol. The van der Waals surface area contributed by atoms with Gasteiger partial charge in [-0.1, -0.05) is 30.3 Å². The van der Waals surface area contributed by atoms with Gasteiger partial charge in [-0.05, 0) is 12.5 Å². The van der Waals surface area contributed by atoms with E-state index in [1.165, 1.54) is 0 Å². The third-order valence-electron chi connectivity index (χ3n) is 4.28. The number of morpholine rings is 2. The maximum absolute atomic E-state index is 12.8. The van der Waals surface area contributed by atoms with Gasteiger partial charge < -0.3 is 19.3 Å². The smallest absolute Gasteiger partial charge is 0.249 e. The van der Waals surface area contributed by atoms with Gasteiger partial charge in [0.25, 0.3) is 0 Å². The molecule has 0 radical (unpaired) electrons. The summed E-state index contributed by atoms with van der Waals surface area (Å²) in [6.07, 6.45) is -0.000645. The first-order valence-electron chi connectivity index (χ1n) is 7.96. The first-order chi connectivity index (χ1) is 11.1. The van der Waals surface area contributed by atoms with Gasteiger partial charge in [0.1, 0.15) is 6.61 Å². The topological polar surface area (TPSA) is 59.1 Å². The lowest BCUT2D eigenvalue weighted by Crippen LogP contribution is -2.52. The number of amides is 2. The summed E-state index contributed by atoms with van der Waals surface area (Å²) in [5.41, 5.74) is 1.06. The van der Waals surface area contributed by atoms with E-state index in [2.05, 4.69) is 0 Å². The molecule has 0 bridgehead atoms. The van der Waals surface area contributed by atoms with Crippen molar-refractivity contribution in [3.63, 3.8) is 0 Å². The van der Waals surface area contributed by atoms with Gasteiger partial charge in [-0.3, -0.25) is 9.59 Å². The number of ether oxygens (including phenoxy) is 2. The maximum atomic E-state index is 12.8. The van der Waals surface area contributed by atoms with Crippen LogP contribution in [0, 0.1) is 0 Å². The zero-order valence-electron chi connectivity index (χ0n) is 13.3. The lowest BCUT2D eigenvalue weighted by atomic mass is 10.0. The Hall–Kier alpha value is -1.92. The second kappa shape index (κ2) is 7.10. The standard InChI is InChI=1S/C17H22N2O4/c1-13-9-19(15(11-23-13)14-5-3-2-4-6-14)16(20)10-18-7-8-22-12-17(18)21/h2-6,13,15H,7-12H2,1H3. The van der Waals surface area contributed by atoms with E-state index in [1.54, 1.807) is 4.90 Å². The molecule has 0 spiro atoms. The monoisotopic (exact) mass is 318 g/mol. The van der Waals surface area contributed by atoms with Crippen LogP contribution in [0.15, 0.2) is 30.3 Å². The van der Waals surface area contributed by atoms with E-state index < -0.39 is 0 Å². The molecule has 3 rings (SSSR count). The molecule has 2 saturated heterocycles. The first-order valence-corrected chi connectivity index (χ1v) is 7.96. The summed E-state index contributed by atoms with van der Waals surface area (Å²) in [5, 5.41) is 0. The molecule has 0 aromatic heterocycles. The SMILES string of the molecule is CC1CN(C(=O)CN2CCOCC2=O)C(c2ccccc2)CO1. The Labute approximate surface area is 136 Å². The fourth-order valence-electron chi connectivity index (χ4n) is 3.00. The highest BCUT2D eigenvalue weighted by Crippen LogP contribution is 2.26. The highest BCUT2D eigenvalue weighted by Gasteiger charge is 2.33. The van der Waals surface area contributed by atoms with Gasteiger partial charge in [0.15, 0.2) is 0 Å². The predicted octanol–water partition coefficient (Wildman–Crippen LogP) is 0.834. The third kappa shape index (κ3) is 3.71. The van der Waals surface area contributed by atoms with Crippen LogP contribution >= 0.6 is 0 Å². The summed E-state index contributed by atoms with van der Waals surface area (Å²) < 4.78 is 10.9. The van der Waals surface area contributed by atoms with Crippen LogP contribution < -0.4 is 0 Å². The fraction of sp³-hybridized carbons (Fsp3) is 0.529. The minimum atomic E-state index is -0.123. The second-order valence-electron chi connectivity index (χ2n) is 5.98. The van der Waals surface area contributed by atoms with E-state index >= 15 is 0 Å². The van der Waals surface area contributed by atoms with E-state index in [0.717, 1.165) is 5.56 Å². The van der Waals surface area contributed by atoms with Crippen molar-refractivity contribution in [2.24, 2.45) is 0 Å². The van der Waals surface area contributed by atoms with E-state index in [0.29, 0.717) is 26.3 Å². The van der Waals surface area contributed by atoms with Crippen molar-refractivity contribution in [1.82, 2.24) is 9.80 Å². The summed E-state index contributed by atoms with van der Waals surface area (Å²) in [6.45, 7) is 4.11. The Bertz CT molecular complexity index is 563. The number of benzene rings is 1. The Balaban J connectivity index is 1.73. The van der Waals surface area contributed by atoms with Gasteiger partial charge in [0, 0.05) is 13.1 Å². The van der Waals surface area contributed by atoms with Crippen LogP contribution in [0.4, 0.5) is 0 Å². The molecule has 2 unspecified atom stereocenters. The van der Waals surface area contributed by atoms with Crippen LogP contribution in [-0.4, -0.2) is 67.2 Å². The summed E-state index contributed by atoms with van der Waals surface area (Å²) >= 11 is 0. The van der Waals surface area contributed by atoms with Crippen molar-refractivity contribution in [3.8, 4) is 0 Å². The van der Waals surface area contributed by atoms with Crippen LogP contribution in [0.5, 0.6) is 0 Å². The van der Waals surface area contributed by atoms with E-state index in [-0.39, 0.29) is 37.1 Å². The van der Waals surface area contributed by atoms with Gasteiger partial charge in [0.05, 0.1) is 31.9 Å². The molecule has 6 nitrogen and oxygen atoms in total. The van der Waals surface area contributed by atoms with Gasteiger partial charge in [-0.25, -0.2) is 0 Å². The minimum Gasteiger partial charge on any atom is -0.374 e. The van der Waals surface area contributed by atoms with E-state index in [4.69, 9.17) is 9.47 Å². The number of nitrogens with zero attached hydrogens (tertiary/aromatic N) is 2. The van der Waals surface area contributed by atoms with Crippen molar-refractivity contribution >= 4 is 11.8 Å². The molecule has 0 N–H and O–H groups in total. The predicted molar refractivity (Wildman–Crippen MR) is 83.7 cm³/mol. The molecule has 2 aliphatic rings. The minimum absolute atomic E-state index is 0.000645. The summed E-state index contributed by atoms with van der Waals surface area (Å²) in [5.74, 6) is -0.161. The van der Waals surface area contributed by atoms with Gasteiger partial charge in [-0.15, -0.1) is 0 Å². The first kappa shape index (κ1) is 16.0. The normalized spacial score (nSPS) is 25.5. The molecule has 124 valence electrons. The van der Waals surface area contributed by atoms with Crippen molar-refractivity contribution in [3.05, 3.63) is 35.9 Å². The molecule has 0 saturated carbocycles. The zero-order chi connectivity index (χ0) is 16.2. The Morgan fingerprint density at radius 3 is 2.83 bits per heavy atom. The Morgan fingerprint density at radius 2 is 2.09 bits per heavy atom. The van der Waals surface area contributed by atoms with Crippen LogP contribution in [0.25, 0.3) is 0 Å². The van der Waals surface area contributed by atoms with Crippen LogP contribution in [-0.2, 0) is 19.1 Å². The van der Waals surface area contributed by atoms with Crippen molar-refractivity contribution in [2.45, 2.75) is 19.1 Å². The van der Waals surface area contributed by atoms with Gasteiger partial charge in [-0.2, -0.15) is 0 Å². The number of carbonyl (C=O) groups is 2. The molecular formula is C17H22N2O4. The fourth-order valence-corrected chi connectivity index (χ4v) is 3.00. The van der Waals surface area contributed by atoms with Crippen molar-refractivity contribution in [2.75, 3.05) is 39.5 Å². The summed E-state index contributed by atoms with van der Waals surface area (Å²) in [4.78, 5) is 28.0. The molecule has 6 heteroatoms. The van der Waals surface area contributed by atoms with Crippen LogP contribution in [0.2, 0.25) is 0 Å². The van der Waals surface area contributed by atoms with Crippen molar-refractivity contribution < 1.29 is 19.1 Å². The lowest BCUT2D eigenvalue weighted by molar-refractivity contribution is -0.154. The summed E-state index contributed by atoms with van der Waals surface area (Å²) in [7, 11) is 0.